The van der Waals surface area contributed by atoms with Crippen molar-refractivity contribution >= 4 is 11.4 Å². The van der Waals surface area contributed by atoms with Gasteiger partial charge in [0.2, 0.25) is 0 Å². The lowest BCUT2D eigenvalue weighted by molar-refractivity contribution is 0.173. The van der Waals surface area contributed by atoms with Crippen LogP contribution in [0.5, 0.6) is 0 Å². The van der Waals surface area contributed by atoms with Crippen molar-refractivity contribution in [2.75, 3.05) is 11.9 Å². The van der Waals surface area contributed by atoms with Crippen LogP contribution in [0.3, 0.4) is 0 Å². The highest BCUT2D eigenvalue weighted by molar-refractivity contribution is 5.62. The van der Waals surface area contributed by atoms with Crippen LogP contribution in [0.1, 0.15) is 37.5 Å². The zero-order chi connectivity index (χ0) is 14.5. The molecule has 0 spiro atoms. The van der Waals surface area contributed by atoms with E-state index in [0.717, 1.165) is 24.1 Å². The summed E-state index contributed by atoms with van der Waals surface area (Å²) in [5, 5.41) is 9.82. The molecule has 2 rings (SSSR count). The van der Waals surface area contributed by atoms with Gasteiger partial charge >= 0.3 is 0 Å². The second-order valence-electron chi connectivity index (χ2n) is 5.09. The highest BCUT2D eigenvalue weighted by Crippen LogP contribution is 2.26. The zero-order valence-corrected chi connectivity index (χ0v) is 12.5. The second kappa shape index (κ2) is 6.58. The quantitative estimate of drug-likeness (QED) is 0.866. The van der Waals surface area contributed by atoms with Crippen molar-refractivity contribution < 1.29 is 5.11 Å². The fourth-order valence-electron chi connectivity index (χ4n) is 2.26. The smallest absolute Gasteiger partial charge is 0.0787 e. The molecule has 20 heavy (non-hydrogen) atoms. The number of rotatable bonds is 5. The van der Waals surface area contributed by atoms with Crippen LogP contribution in [0.25, 0.3) is 0 Å². The normalized spacial score (nSPS) is 12.2. The molecule has 0 bridgehead atoms. The topological polar surface area (TPSA) is 23.5 Å². The molecular formula is C18H23NO. The molecule has 0 fully saturated rings. The van der Waals surface area contributed by atoms with E-state index in [1.165, 1.54) is 11.3 Å². The molecule has 2 heteroatoms. The number of anilines is 2. The Balaban J connectivity index is 2.17. The summed E-state index contributed by atoms with van der Waals surface area (Å²) in [5.41, 5.74) is 4.63. The monoisotopic (exact) mass is 269 g/mol. The largest absolute Gasteiger partial charge is 0.388 e. The highest BCUT2D eigenvalue weighted by Gasteiger charge is 2.07. The second-order valence-corrected chi connectivity index (χ2v) is 5.09. The van der Waals surface area contributed by atoms with Crippen LogP contribution < -0.4 is 4.90 Å². The number of aliphatic hydroxyl groups excluding tert-OH is 1. The molecule has 2 aromatic carbocycles. The van der Waals surface area contributed by atoms with Crippen LogP contribution in [0, 0.1) is 0 Å². The number of nitrogens with zero attached hydrogens (tertiary/aromatic N) is 1. The molecule has 0 amide bonds. The van der Waals surface area contributed by atoms with Gasteiger partial charge in [-0.3, -0.25) is 0 Å². The Hall–Kier alpha value is -1.80. The Morgan fingerprint density at radius 1 is 0.900 bits per heavy atom. The van der Waals surface area contributed by atoms with E-state index in [9.17, 15) is 5.11 Å². The number of aliphatic hydroxyl groups is 1. The van der Waals surface area contributed by atoms with Gasteiger partial charge in [0, 0.05) is 18.4 Å². The van der Waals surface area contributed by atoms with Gasteiger partial charge in [-0.2, -0.15) is 0 Å². The van der Waals surface area contributed by atoms with Gasteiger partial charge in [0.05, 0.1) is 6.10 Å². The van der Waals surface area contributed by atoms with E-state index in [-0.39, 0.29) is 6.10 Å². The summed E-state index contributed by atoms with van der Waals surface area (Å²) in [6.07, 6.45) is 1.44. The van der Waals surface area contributed by atoms with E-state index >= 15 is 0 Å². The molecule has 0 saturated heterocycles. The molecule has 1 atom stereocenters. The van der Waals surface area contributed by atoms with E-state index in [1.54, 1.807) is 0 Å². The summed E-state index contributed by atoms with van der Waals surface area (Å²) >= 11 is 0. The van der Waals surface area contributed by atoms with Crippen molar-refractivity contribution in [3.05, 3.63) is 59.7 Å². The Bertz CT molecular complexity index is 530. The maximum Gasteiger partial charge on any atom is 0.0787 e. The van der Waals surface area contributed by atoms with Gasteiger partial charge in [-0.15, -0.1) is 0 Å². The molecule has 2 aromatic rings. The number of aryl methyl sites for hydroxylation is 1. The first-order chi connectivity index (χ1) is 9.65. The first-order valence-corrected chi connectivity index (χ1v) is 7.26. The Morgan fingerprint density at radius 3 is 1.85 bits per heavy atom. The minimum atomic E-state index is -0.363. The molecule has 0 aromatic heterocycles. The minimum Gasteiger partial charge on any atom is -0.388 e. The van der Waals surface area contributed by atoms with Crippen LogP contribution in [0.2, 0.25) is 0 Å². The number of benzene rings is 2. The fourth-order valence-corrected chi connectivity index (χ4v) is 2.26. The molecule has 0 saturated carbocycles. The highest BCUT2D eigenvalue weighted by atomic mass is 16.3. The summed E-state index contributed by atoms with van der Waals surface area (Å²) in [4.78, 5) is 2.15. The Kier molecular flexibility index (Phi) is 4.80. The van der Waals surface area contributed by atoms with Gasteiger partial charge in [0.1, 0.15) is 0 Å². The van der Waals surface area contributed by atoms with E-state index in [0.29, 0.717) is 0 Å². The lowest BCUT2D eigenvalue weighted by Gasteiger charge is -2.20. The summed E-state index contributed by atoms with van der Waals surface area (Å²) in [5.74, 6) is 0. The van der Waals surface area contributed by atoms with Crippen molar-refractivity contribution in [3.63, 3.8) is 0 Å². The van der Waals surface area contributed by atoms with Crippen molar-refractivity contribution in [3.8, 4) is 0 Å². The number of hydrogen-bond acceptors (Lipinski definition) is 2. The third-order valence-corrected chi connectivity index (χ3v) is 3.78. The zero-order valence-electron chi connectivity index (χ0n) is 12.5. The first-order valence-electron chi connectivity index (χ1n) is 7.26. The van der Waals surface area contributed by atoms with Crippen molar-refractivity contribution in [1.29, 1.82) is 0 Å². The Labute approximate surface area is 121 Å². The molecule has 2 nitrogen and oxygen atoms in total. The summed E-state index contributed by atoms with van der Waals surface area (Å²) in [6.45, 7) is 4.15. The van der Waals surface area contributed by atoms with Gasteiger partial charge in [-0.05, 0) is 48.2 Å². The van der Waals surface area contributed by atoms with Crippen LogP contribution in [0.15, 0.2) is 48.5 Å². The minimum absolute atomic E-state index is 0.363. The van der Waals surface area contributed by atoms with Gasteiger partial charge in [0.15, 0.2) is 0 Å². The predicted octanol–water partition coefficient (Wildman–Crippen LogP) is 4.46. The van der Waals surface area contributed by atoms with Crippen molar-refractivity contribution in [2.45, 2.75) is 32.8 Å². The molecule has 0 heterocycles. The van der Waals surface area contributed by atoms with E-state index in [2.05, 4.69) is 55.3 Å². The molecule has 106 valence electrons. The molecule has 0 unspecified atom stereocenters. The number of hydrogen-bond donors (Lipinski definition) is 1. The molecule has 0 radical (unpaired) electrons. The van der Waals surface area contributed by atoms with Gasteiger partial charge < -0.3 is 10.0 Å². The maximum absolute atomic E-state index is 9.82. The van der Waals surface area contributed by atoms with Crippen LogP contribution in [-0.2, 0) is 6.42 Å². The third-order valence-electron chi connectivity index (χ3n) is 3.78. The lowest BCUT2D eigenvalue weighted by Crippen LogP contribution is -2.09. The summed E-state index contributed by atoms with van der Waals surface area (Å²) in [6, 6.07) is 16.7. The van der Waals surface area contributed by atoms with Crippen molar-refractivity contribution in [2.24, 2.45) is 0 Å². The standard InChI is InChI=1S/C18H23NO/c1-4-14-6-10-16(11-7-14)19(3)17-12-8-15(9-13-17)18(20)5-2/h6-13,18,20H,4-5H2,1-3H3/t18-/m0/s1. The predicted molar refractivity (Wildman–Crippen MR) is 85.6 cm³/mol. The SMILES string of the molecule is CCc1ccc(N(C)c2ccc([C@@H](O)CC)cc2)cc1. The molecular weight excluding hydrogens is 246 g/mol. The van der Waals surface area contributed by atoms with E-state index < -0.39 is 0 Å². The van der Waals surface area contributed by atoms with E-state index in [1.807, 2.05) is 19.1 Å². The maximum atomic E-state index is 9.82. The molecule has 0 aliphatic heterocycles. The van der Waals surface area contributed by atoms with Gasteiger partial charge in [-0.25, -0.2) is 0 Å². The molecule has 1 N–H and O–H groups in total. The van der Waals surface area contributed by atoms with E-state index in [4.69, 9.17) is 0 Å². The van der Waals surface area contributed by atoms with Crippen LogP contribution in [-0.4, -0.2) is 12.2 Å². The van der Waals surface area contributed by atoms with Crippen LogP contribution >= 0.6 is 0 Å². The van der Waals surface area contributed by atoms with Crippen LogP contribution in [0.4, 0.5) is 11.4 Å². The molecule has 0 aliphatic rings. The van der Waals surface area contributed by atoms with Crippen molar-refractivity contribution in [1.82, 2.24) is 0 Å². The average molecular weight is 269 g/mol. The molecule has 0 aliphatic carbocycles. The fraction of sp³-hybridized carbons (Fsp3) is 0.333. The first kappa shape index (κ1) is 14.6. The summed E-state index contributed by atoms with van der Waals surface area (Å²) < 4.78 is 0. The third kappa shape index (κ3) is 3.20. The lowest BCUT2D eigenvalue weighted by atomic mass is 10.1. The Morgan fingerprint density at radius 2 is 1.40 bits per heavy atom. The van der Waals surface area contributed by atoms with Gasteiger partial charge in [0.25, 0.3) is 0 Å². The summed E-state index contributed by atoms with van der Waals surface area (Å²) in [7, 11) is 2.06. The average Bonchev–Trinajstić information content (AvgIpc) is 2.53. The van der Waals surface area contributed by atoms with Gasteiger partial charge in [-0.1, -0.05) is 38.1 Å².